The molecule has 0 fully saturated rings. The number of hydrogen-bond donors (Lipinski definition) is 0. The van der Waals surface area contributed by atoms with Crippen LogP contribution < -0.4 is 0 Å². The molecular weight excluding hydrogens is 318 g/mol. The van der Waals surface area contributed by atoms with Crippen molar-refractivity contribution in [1.29, 1.82) is 0 Å². The Balaban J connectivity index is 2.06. The largest absolute Gasteiger partial charge is 0.292 e. The number of aromatic nitrogens is 3. The molecule has 0 bridgehead atoms. The molecule has 0 aromatic carbocycles. The highest BCUT2D eigenvalue weighted by molar-refractivity contribution is 9.10. The highest BCUT2D eigenvalue weighted by Gasteiger charge is 2.12. The van der Waals surface area contributed by atoms with Crippen molar-refractivity contribution in [2.45, 2.75) is 39.2 Å². The molecule has 106 valence electrons. The van der Waals surface area contributed by atoms with Crippen LogP contribution in [0.5, 0.6) is 0 Å². The Kier molecular flexibility index (Phi) is 5.06. The van der Waals surface area contributed by atoms with E-state index in [1.54, 1.807) is 12.3 Å². The molecule has 0 N–H and O–H groups in total. The highest BCUT2D eigenvalue weighted by Crippen LogP contribution is 2.15. The first-order valence-corrected chi connectivity index (χ1v) is 7.62. The molecule has 2 aromatic heterocycles. The molecule has 0 spiro atoms. The van der Waals surface area contributed by atoms with Crippen LogP contribution in [0.3, 0.4) is 0 Å². The second-order valence-electron chi connectivity index (χ2n) is 4.72. The zero-order valence-corrected chi connectivity index (χ0v) is 13.3. The van der Waals surface area contributed by atoms with Crippen LogP contribution in [0.15, 0.2) is 35.1 Å². The van der Waals surface area contributed by atoms with E-state index in [0.717, 1.165) is 23.0 Å². The lowest BCUT2D eigenvalue weighted by Crippen LogP contribution is -2.10. The lowest BCUT2D eigenvalue weighted by molar-refractivity contribution is 0.0987. The van der Waals surface area contributed by atoms with Gasteiger partial charge in [-0.05, 0) is 47.0 Å². The molecular formula is C15H18BrN3O. The number of Topliss-reactive ketones (excluding diaryl/α,β-unsaturated/α-hetero) is 1. The van der Waals surface area contributed by atoms with E-state index in [9.17, 15) is 4.79 Å². The number of hydrogen-bond acceptors (Lipinski definition) is 3. The van der Waals surface area contributed by atoms with Crippen molar-refractivity contribution in [3.05, 3.63) is 46.5 Å². The maximum absolute atomic E-state index is 12.1. The number of ketones is 1. The van der Waals surface area contributed by atoms with Crippen molar-refractivity contribution in [3.63, 3.8) is 0 Å². The summed E-state index contributed by atoms with van der Waals surface area (Å²) in [4.78, 5) is 16.2. The van der Waals surface area contributed by atoms with Gasteiger partial charge in [-0.15, -0.1) is 0 Å². The smallest absolute Gasteiger partial charge is 0.187 e. The quantitative estimate of drug-likeness (QED) is 0.754. The Hall–Kier alpha value is -1.49. The van der Waals surface area contributed by atoms with Gasteiger partial charge in [0.15, 0.2) is 5.78 Å². The van der Waals surface area contributed by atoms with Gasteiger partial charge in [0.2, 0.25) is 0 Å². The summed E-state index contributed by atoms with van der Waals surface area (Å²) in [6.45, 7) is 4.29. The Bertz CT molecular complexity index is 573. The zero-order chi connectivity index (χ0) is 14.5. The van der Waals surface area contributed by atoms with Gasteiger partial charge in [0, 0.05) is 16.9 Å². The number of nitrogens with zero attached hydrogens (tertiary/aromatic N) is 3. The molecule has 2 aromatic rings. The highest BCUT2D eigenvalue weighted by atomic mass is 79.9. The average Bonchev–Trinajstić information content (AvgIpc) is 2.89. The van der Waals surface area contributed by atoms with Crippen LogP contribution in [0.4, 0.5) is 0 Å². The molecule has 2 rings (SSSR count). The van der Waals surface area contributed by atoms with Crippen LogP contribution in [0.1, 0.15) is 48.9 Å². The predicted octanol–water partition coefficient (Wildman–Crippen LogP) is 3.83. The molecule has 0 unspecified atom stereocenters. The van der Waals surface area contributed by atoms with Crippen molar-refractivity contribution in [2.24, 2.45) is 0 Å². The fourth-order valence-electron chi connectivity index (χ4n) is 2.13. The summed E-state index contributed by atoms with van der Waals surface area (Å²) in [6.07, 6.45) is 5.97. The molecule has 0 radical (unpaired) electrons. The third-order valence-corrected chi connectivity index (χ3v) is 3.80. The summed E-state index contributed by atoms with van der Waals surface area (Å²) < 4.78 is 2.82. The second kappa shape index (κ2) is 6.79. The first kappa shape index (κ1) is 14.9. The predicted molar refractivity (Wildman–Crippen MR) is 81.8 cm³/mol. The number of carbonyl (C=O) groups is 1. The molecule has 0 atom stereocenters. The monoisotopic (exact) mass is 335 g/mol. The molecule has 0 aliphatic carbocycles. The van der Waals surface area contributed by atoms with Gasteiger partial charge in [-0.2, -0.15) is 5.10 Å². The van der Waals surface area contributed by atoms with Gasteiger partial charge in [0.05, 0.1) is 18.2 Å². The fourth-order valence-corrected chi connectivity index (χ4v) is 2.37. The molecule has 2 heterocycles. The lowest BCUT2D eigenvalue weighted by atomic mass is 10.1. The number of pyridine rings is 1. The SMILES string of the molecule is CCC(CC)n1ccc(CC(=O)c2ccc(Br)cn2)n1. The third-order valence-electron chi connectivity index (χ3n) is 3.33. The van der Waals surface area contributed by atoms with Gasteiger partial charge in [-0.1, -0.05) is 13.8 Å². The van der Waals surface area contributed by atoms with E-state index < -0.39 is 0 Å². The molecule has 0 aliphatic rings. The average molecular weight is 336 g/mol. The topological polar surface area (TPSA) is 47.8 Å². The van der Waals surface area contributed by atoms with E-state index in [0.29, 0.717) is 18.2 Å². The molecule has 0 saturated heterocycles. The van der Waals surface area contributed by atoms with Gasteiger partial charge in [0.25, 0.3) is 0 Å². The van der Waals surface area contributed by atoms with Gasteiger partial charge in [-0.25, -0.2) is 0 Å². The molecule has 0 amide bonds. The minimum Gasteiger partial charge on any atom is -0.292 e. The van der Waals surface area contributed by atoms with Crippen molar-refractivity contribution in [1.82, 2.24) is 14.8 Å². The Morgan fingerprint density at radius 2 is 2.05 bits per heavy atom. The van der Waals surface area contributed by atoms with E-state index in [4.69, 9.17) is 0 Å². The molecule has 0 aliphatic heterocycles. The molecule has 20 heavy (non-hydrogen) atoms. The summed E-state index contributed by atoms with van der Waals surface area (Å²) in [6, 6.07) is 5.87. The normalized spacial score (nSPS) is 11.0. The van der Waals surface area contributed by atoms with Crippen LogP contribution in [0.2, 0.25) is 0 Å². The van der Waals surface area contributed by atoms with Gasteiger partial charge < -0.3 is 0 Å². The minimum absolute atomic E-state index is 0.00713. The Morgan fingerprint density at radius 1 is 1.30 bits per heavy atom. The van der Waals surface area contributed by atoms with Crippen molar-refractivity contribution < 1.29 is 4.79 Å². The summed E-state index contributed by atoms with van der Waals surface area (Å²) in [5.74, 6) is -0.00713. The zero-order valence-electron chi connectivity index (χ0n) is 11.7. The number of rotatable bonds is 6. The van der Waals surface area contributed by atoms with E-state index in [1.807, 2.05) is 23.0 Å². The van der Waals surface area contributed by atoms with Crippen LogP contribution in [-0.2, 0) is 6.42 Å². The maximum Gasteiger partial charge on any atom is 0.187 e. The summed E-state index contributed by atoms with van der Waals surface area (Å²) in [7, 11) is 0. The lowest BCUT2D eigenvalue weighted by Gasteiger charge is -2.12. The van der Waals surface area contributed by atoms with Crippen molar-refractivity contribution >= 4 is 21.7 Å². The fraction of sp³-hybridized carbons (Fsp3) is 0.400. The van der Waals surface area contributed by atoms with Crippen molar-refractivity contribution in [2.75, 3.05) is 0 Å². The van der Waals surface area contributed by atoms with Crippen LogP contribution in [0.25, 0.3) is 0 Å². The van der Waals surface area contributed by atoms with E-state index in [1.165, 1.54) is 0 Å². The number of carbonyl (C=O) groups excluding carboxylic acids is 1. The second-order valence-corrected chi connectivity index (χ2v) is 5.63. The summed E-state index contributed by atoms with van der Waals surface area (Å²) in [5.41, 5.74) is 1.27. The number of halogens is 1. The first-order valence-electron chi connectivity index (χ1n) is 6.82. The summed E-state index contributed by atoms with van der Waals surface area (Å²) >= 11 is 3.31. The molecule has 0 saturated carbocycles. The van der Waals surface area contributed by atoms with Gasteiger partial charge in [0.1, 0.15) is 5.69 Å². The van der Waals surface area contributed by atoms with Crippen LogP contribution >= 0.6 is 15.9 Å². The third kappa shape index (κ3) is 3.54. The molecule has 5 heteroatoms. The van der Waals surface area contributed by atoms with Gasteiger partial charge in [-0.3, -0.25) is 14.5 Å². The van der Waals surface area contributed by atoms with Gasteiger partial charge >= 0.3 is 0 Å². The van der Waals surface area contributed by atoms with Crippen molar-refractivity contribution in [3.8, 4) is 0 Å². The van der Waals surface area contributed by atoms with E-state index in [2.05, 4.69) is 39.9 Å². The Labute approximate surface area is 127 Å². The minimum atomic E-state index is -0.00713. The summed E-state index contributed by atoms with van der Waals surface area (Å²) in [5, 5.41) is 4.49. The van der Waals surface area contributed by atoms with E-state index in [-0.39, 0.29) is 5.78 Å². The standard InChI is InChI=1S/C15H18BrN3O/c1-3-13(4-2)19-8-7-12(18-19)9-15(20)14-6-5-11(16)10-17-14/h5-8,10,13H,3-4,9H2,1-2H3. The maximum atomic E-state index is 12.1. The Morgan fingerprint density at radius 3 is 2.65 bits per heavy atom. The van der Waals surface area contributed by atoms with Crippen LogP contribution in [-0.4, -0.2) is 20.5 Å². The van der Waals surface area contributed by atoms with E-state index >= 15 is 0 Å². The first-order chi connectivity index (χ1) is 9.63. The molecule has 4 nitrogen and oxygen atoms in total. The van der Waals surface area contributed by atoms with Crippen LogP contribution in [0, 0.1) is 0 Å².